The van der Waals surface area contributed by atoms with Crippen LogP contribution in [-0.2, 0) is 21.4 Å². The Kier molecular flexibility index (Phi) is 6.80. The fourth-order valence-electron chi connectivity index (χ4n) is 3.08. The Balaban J connectivity index is 1.86. The lowest BCUT2D eigenvalue weighted by Crippen LogP contribution is -2.44. The van der Waals surface area contributed by atoms with Gasteiger partial charge >= 0.3 is 0 Å². The van der Waals surface area contributed by atoms with E-state index in [4.69, 9.17) is 0 Å². The number of piperidine rings is 1. The molecule has 2 rings (SSSR count). The van der Waals surface area contributed by atoms with Crippen LogP contribution in [0, 0.1) is 5.92 Å². The smallest absolute Gasteiger partial charge is 0.225 e. The zero-order valence-corrected chi connectivity index (χ0v) is 15.5. The topological polar surface area (TPSA) is 57.7 Å². The van der Waals surface area contributed by atoms with Gasteiger partial charge < -0.3 is 4.90 Å². The molecule has 1 fully saturated rings. The fraction of sp³-hybridized carbons (Fsp3) is 0.611. The quantitative estimate of drug-likeness (QED) is 0.757. The number of amides is 1. The third-order valence-electron chi connectivity index (χ3n) is 4.59. The number of unbranched alkanes of at least 4 members (excludes halogenated alkanes) is 1. The molecule has 0 bridgehead atoms. The minimum absolute atomic E-state index is 0.0728. The first-order valence-corrected chi connectivity index (χ1v) is 10.3. The molecule has 0 spiro atoms. The number of rotatable bonds is 7. The fourth-order valence-corrected chi connectivity index (χ4v) is 4.76. The molecule has 1 aromatic rings. The van der Waals surface area contributed by atoms with Gasteiger partial charge in [0.2, 0.25) is 15.9 Å². The number of benzene rings is 1. The van der Waals surface area contributed by atoms with E-state index in [2.05, 4.69) is 0 Å². The summed E-state index contributed by atoms with van der Waals surface area (Å²) in [4.78, 5) is 14.3. The normalized spacial score (nSPS) is 16.9. The molecule has 0 unspecified atom stereocenters. The zero-order chi connectivity index (χ0) is 17.6. The highest BCUT2D eigenvalue weighted by Gasteiger charge is 2.31. The van der Waals surface area contributed by atoms with E-state index in [1.807, 2.05) is 44.3 Å². The Hall–Kier alpha value is -1.40. The second kappa shape index (κ2) is 8.62. The van der Waals surface area contributed by atoms with Crippen molar-refractivity contribution in [3.63, 3.8) is 0 Å². The van der Waals surface area contributed by atoms with Crippen molar-refractivity contribution in [3.8, 4) is 0 Å². The average Bonchev–Trinajstić information content (AvgIpc) is 2.60. The predicted molar refractivity (Wildman–Crippen MR) is 95.9 cm³/mol. The summed E-state index contributed by atoms with van der Waals surface area (Å²) in [5.74, 6) is 0.261. The van der Waals surface area contributed by atoms with Crippen LogP contribution in [0.4, 0.5) is 0 Å². The molecule has 0 N–H and O–H groups in total. The molecule has 24 heavy (non-hydrogen) atoms. The highest BCUT2D eigenvalue weighted by Crippen LogP contribution is 2.22. The van der Waals surface area contributed by atoms with Crippen molar-refractivity contribution >= 4 is 15.9 Å². The number of sulfonamides is 1. The van der Waals surface area contributed by atoms with Gasteiger partial charge in [-0.25, -0.2) is 12.7 Å². The van der Waals surface area contributed by atoms with Crippen molar-refractivity contribution in [2.24, 2.45) is 5.92 Å². The largest absolute Gasteiger partial charge is 0.341 e. The lowest BCUT2D eigenvalue weighted by Gasteiger charge is -2.32. The van der Waals surface area contributed by atoms with Crippen LogP contribution in [0.1, 0.15) is 38.2 Å². The molecule has 1 heterocycles. The molecule has 0 saturated carbocycles. The second-order valence-electron chi connectivity index (χ2n) is 6.52. The summed E-state index contributed by atoms with van der Waals surface area (Å²) < 4.78 is 26.0. The van der Waals surface area contributed by atoms with Crippen LogP contribution in [-0.4, -0.2) is 49.4 Å². The average molecular weight is 353 g/mol. The van der Waals surface area contributed by atoms with Gasteiger partial charge in [-0.2, -0.15) is 0 Å². The first-order valence-electron chi connectivity index (χ1n) is 8.70. The van der Waals surface area contributed by atoms with Gasteiger partial charge in [-0.05, 0) is 24.8 Å². The molecule has 5 nitrogen and oxygen atoms in total. The highest BCUT2D eigenvalue weighted by atomic mass is 32.2. The highest BCUT2D eigenvalue weighted by molar-refractivity contribution is 7.89. The first-order chi connectivity index (χ1) is 11.4. The van der Waals surface area contributed by atoms with Crippen LogP contribution < -0.4 is 0 Å². The summed E-state index contributed by atoms with van der Waals surface area (Å²) in [6.07, 6.45) is 2.80. The van der Waals surface area contributed by atoms with Gasteiger partial charge in [-0.15, -0.1) is 0 Å². The Morgan fingerprint density at radius 2 is 1.83 bits per heavy atom. The summed E-state index contributed by atoms with van der Waals surface area (Å²) in [7, 11) is -1.34. The Morgan fingerprint density at radius 1 is 1.21 bits per heavy atom. The van der Waals surface area contributed by atoms with E-state index in [-0.39, 0.29) is 17.6 Å². The molecule has 1 aromatic carbocycles. The van der Waals surface area contributed by atoms with Crippen LogP contribution >= 0.6 is 0 Å². The van der Waals surface area contributed by atoms with Gasteiger partial charge in [-0.3, -0.25) is 4.79 Å². The minimum atomic E-state index is -3.15. The third-order valence-corrected chi connectivity index (χ3v) is 6.55. The number of hydrogen-bond acceptors (Lipinski definition) is 3. The molecule has 0 aliphatic carbocycles. The Bertz CT molecular complexity index is 623. The maximum absolute atomic E-state index is 12.6. The number of carbonyl (C=O) groups is 1. The third kappa shape index (κ3) is 5.05. The Morgan fingerprint density at radius 3 is 2.42 bits per heavy atom. The predicted octanol–water partition coefficient (Wildman–Crippen LogP) is 2.49. The lowest BCUT2D eigenvalue weighted by molar-refractivity contribution is -0.135. The van der Waals surface area contributed by atoms with E-state index in [9.17, 15) is 13.2 Å². The lowest BCUT2D eigenvalue weighted by atomic mass is 9.96. The van der Waals surface area contributed by atoms with Crippen LogP contribution in [0.3, 0.4) is 0 Å². The van der Waals surface area contributed by atoms with Crippen molar-refractivity contribution in [2.45, 2.75) is 39.2 Å². The molecule has 1 aliphatic heterocycles. The van der Waals surface area contributed by atoms with Crippen LogP contribution in [0.2, 0.25) is 0 Å². The molecule has 1 saturated heterocycles. The van der Waals surface area contributed by atoms with E-state index in [0.29, 0.717) is 38.9 Å². The molecule has 0 radical (unpaired) electrons. The van der Waals surface area contributed by atoms with Crippen molar-refractivity contribution in [2.75, 3.05) is 25.9 Å². The standard InChI is InChI=1S/C18H28N2O3S/c1-3-4-14-24(22,23)20-12-10-17(11-13-20)18(21)19(2)15-16-8-6-5-7-9-16/h5-9,17H,3-4,10-15H2,1-2H3. The molecular weight excluding hydrogens is 324 g/mol. The van der Waals surface area contributed by atoms with Gasteiger partial charge in [-0.1, -0.05) is 43.7 Å². The number of nitrogens with zero attached hydrogens (tertiary/aromatic N) is 2. The van der Waals surface area contributed by atoms with Crippen molar-refractivity contribution in [1.82, 2.24) is 9.21 Å². The summed E-state index contributed by atoms with van der Waals surface area (Å²) in [6, 6.07) is 9.90. The van der Waals surface area contributed by atoms with Crippen molar-refractivity contribution in [3.05, 3.63) is 35.9 Å². The first kappa shape index (κ1) is 18.9. The van der Waals surface area contributed by atoms with E-state index < -0.39 is 10.0 Å². The van der Waals surface area contributed by atoms with Crippen LogP contribution in [0.25, 0.3) is 0 Å². The maximum atomic E-state index is 12.6. The summed E-state index contributed by atoms with van der Waals surface area (Å²) in [5.41, 5.74) is 1.10. The van der Waals surface area contributed by atoms with Crippen molar-refractivity contribution < 1.29 is 13.2 Å². The van der Waals surface area contributed by atoms with Gasteiger partial charge in [0, 0.05) is 32.6 Å². The van der Waals surface area contributed by atoms with E-state index >= 15 is 0 Å². The van der Waals surface area contributed by atoms with E-state index in [1.165, 1.54) is 0 Å². The second-order valence-corrected chi connectivity index (χ2v) is 8.61. The molecule has 0 atom stereocenters. The van der Waals surface area contributed by atoms with E-state index in [0.717, 1.165) is 12.0 Å². The minimum Gasteiger partial charge on any atom is -0.341 e. The van der Waals surface area contributed by atoms with E-state index in [1.54, 1.807) is 9.21 Å². The molecule has 6 heteroatoms. The van der Waals surface area contributed by atoms with Gasteiger partial charge in [0.25, 0.3) is 0 Å². The molecule has 0 aromatic heterocycles. The monoisotopic (exact) mass is 352 g/mol. The maximum Gasteiger partial charge on any atom is 0.225 e. The summed E-state index contributed by atoms with van der Waals surface area (Å²) >= 11 is 0. The summed E-state index contributed by atoms with van der Waals surface area (Å²) in [5, 5.41) is 0. The SMILES string of the molecule is CCCCS(=O)(=O)N1CCC(C(=O)N(C)Cc2ccccc2)CC1. The molecular formula is C18H28N2O3S. The van der Waals surface area contributed by atoms with Gasteiger partial charge in [0.05, 0.1) is 5.75 Å². The van der Waals surface area contributed by atoms with Crippen molar-refractivity contribution in [1.29, 1.82) is 0 Å². The molecule has 134 valence electrons. The number of carbonyl (C=O) groups excluding carboxylic acids is 1. The van der Waals surface area contributed by atoms with Crippen LogP contribution in [0.15, 0.2) is 30.3 Å². The number of hydrogen-bond donors (Lipinski definition) is 0. The Labute approximate surface area is 145 Å². The van der Waals surface area contributed by atoms with Gasteiger partial charge in [0.15, 0.2) is 0 Å². The van der Waals surface area contributed by atoms with Gasteiger partial charge in [0.1, 0.15) is 0 Å². The zero-order valence-electron chi connectivity index (χ0n) is 14.6. The molecule has 1 aliphatic rings. The molecule has 1 amide bonds. The summed E-state index contributed by atoms with van der Waals surface area (Å²) in [6.45, 7) is 3.50. The van der Waals surface area contributed by atoms with Crippen LogP contribution in [0.5, 0.6) is 0 Å².